The molecule has 0 aliphatic carbocycles. The number of sulfonamides is 1. The highest BCUT2D eigenvalue weighted by molar-refractivity contribution is 7.89. The first kappa shape index (κ1) is 19.2. The Morgan fingerprint density at radius 3 is 2.59 bits per heavy atom. The zero-order valence-electron chi connectivity index (χ0n) is 15.1. The quantitative estimate of drug-likeness (QED) is 0.765. The number of nitrogens with zero attached hydrogens (tertiary/aromatic N) is 1. The van der Waals surface area contributed by atoms with Crippen LogP contribution in [0.25, 0.3) is 0 Å². The number of anilines is 2. The average Bonchev–Trinajstić information content (AvgIpc) is 2.69. The Morgan fingerprint density at radius 2 is 1.93 bits per heavy atom. The van der Waals surface area contributed by atoms with Gasteiger partial charge in [-0.15, -0.1) is 0 Å². The van der Waals surface area contributed by atoms with E-state index in [2.05, 4.69) is 5.32 Å². The van der Waals surface area contributed by atoms with Gasteiger partial charge in [0.15, 0.2) is 0 Å². The van der Waals surface area contributed by atoms with Crippen molar-refractivity contribution in [3.8, 4) is 5.75 Å². The molecule has 0 radical (unpaired) electrons. The summed E-state index contributed by atoms with van der Waals surface area (Å²) in [6.45, 7) is 0.320. The van der Waals surface area contributed by atoms with E-state index in [1.165, 1.54) is 11.4 Å². The molecule has 3 rings (SSSR count). The molecule has 0 saturated carbocycles. The Balaban J connectivity index is 1.83. The smallest absolute Gasteiger partial charge is 0.243 e. The van der Waals surface area contributed by atoms with Crippen LogP contribution in [0.3, 0.4) is 0 Å². The SMILES string of the molecule is COc1ccc(NC(=O)C2CCCCN2S(=O)(=O)c2ccccc2)cc1N. The molecule has 2 aromatic rings. The fourth-order valence-corrected chi connectivity index (χ4v) is 4.90. The molecule has 1 amide bonds. The van der Waals surface area contributed by atoms with E-state index in [1.54, 1.807) is 48.5 Å². The van der Waals surface area contributed by atoms with Gasteiger partial charge in [0.1, 0.15) is 11.8 Å². The van der Waals surface area contributed by atoms with Gasteiger partial charge in [0.25, 0.3) is 0 Å². The minimum Gasteiger partial charge on any atom is -0.495 e. The van der Waals surface area contributed by atoms with Gasteiger partial charge < -0.3 is 15.8 Å². The molecule has 1 aliphatic heterocycles. The summed E-state index contributed by atoms with van der Waals surface area (Å²) in [6, 6.07) is 12.4. The monoisotopic (exact) mass is 389 g/mol. The number of piperidine rings is 1. The Hall–Kier alpha value is -2.58. The van der Waals surface area contributed by atoms with Gasteiger partial charge in [-0.25, -0.2) is 8.42 Å². The summed E-state index contributed by atoms with van der Waals surface area (Å²) in [5.74, 6) is 0.151. The molecule has 1 atom stereocenters. The van der Waals surface area contributed by atoms with Gasteiger partial charge in [0.05, 0.1) is 17.7 Å². The lowest BCUT2D eigenvalue weighted by atomic mass is 10.0. The lowest BCUT2D eigenvalue weighted by Gasteiger charge is -2.33. The third kappa shape index (κ3) is 4.06. The van der Waals surface area contributed by atoms with Crippen LogP contribution in [0.1, 0.15) is 19.3 Å². The van der Waals surface area contributed by atoms with Crippen LogP contribution in [0.15, 0.2) is 53.4 Å². The Labute approximate surface area is 159 Å². The largest absolute Gasteiger partial charge is 0.495 e. The lowest BCUT2D eigenvalue weighted by Crippen LogP contribution is -2.49. The standard InChI is InChI=1S/C19H23N3O4S/c1-26-18-11-10-14(13-16(18)20)21-19(23)17-9-5-6-12-22(17)27(24,25)15-7-3-2-4-8-15/h2-4,7-8,10-11,13,17H,5-6,9,12,20H2,1H3,(H,21,23). The summed E-state index contributed by atoms with van der Waals surface area (Å²) in [4.78, 5) is 13.0. The van der Waals surface area contributed by atoms with Crippen molar-refractivity contribution in [2.75, 3.05) is 24.7 Å². The van der Waals surface area contributed by atoms with Gasteiger partial charge in [0, 0.05) is 12.2 Å². The zero-order valence-corrected chi connectivity index (χ0v) is 15.9. The minimum atomic E-state index is -3.74. The Morgan fingerprint density at radius 1 is 1.19 bits per heavy atom. The number of hydrogen-bond acceptors (Lipinski definition) is 5. The van der Waals surface area contributed by atoms with E-state index in [-0.39, 0.29) is 10.8 Å². The molecular formula is C19H23N3O4S. The summed E-state index contributed by atoms with van der Waals surface area (Å²) >= 11 is 0. The zero-order chi connectivity index (χ0) is 19.4. The molecule has 27 heavy (non-hydrogen) atoms. The molecule has 1 heterocycles. The maximum atomic E-state index is 13.0. The number of benzene rings is 2. The predicted octanol–water partition coefficient (Wildman–Crippen LogP) is 2.46. The van der Waals surface area contributed by atoms with Gasteiger partial charge in [-0.2, -0.15) is 4.31 Å². The van der Waals surface area contributed by atoms with Crippen molar-refractivity contribution >= 4 is 27.3 Å². The third-order valence-corrected chi connectivity index (χ3v) is 6.53. The van der Waals surface area contributed by atoms with Crippen molar-refractivity contribution in [3.05, 3.63) is 48.5 Å². The van der Waals surface area contributed by atoms with Gasteiger partial charge in [-0.1, -0.05) is 24.6 Å². The lowest BCUT2D eigenvalue weighted by molar-refractivity contribution is -0.120. The van der Waals surface area contributed by atoms with Gasteiger partial charge in [-0.3, -0.25) is 4.79 Å². The molecule has 0 spiro atoms. The number of hydrogen-bond donors (Lipinski definition) is 2. The molecule has 1 aliphatic rings. The van der Waals surface area contributed by atoms with Crippen LogP contribution in [0.5, 0.6) is 5.75 Å². The van der Waals surface area contributed by atoms with Crippen LogP contribution in [0, 0.1) is 0 Å². The second kappa shape index (κ2) is 7.98. The number of carbonyl (C=O) groups excluding carboxylic acids is 1. The van der Waals surface area contributed by atoms with E-state index in [4.69, 9.17) is 10.5 Å². The second-order valence-electron chi connectivity index (χ2n) is 6.39. The normalized spacial score (nSPS) is 18.0. The van der Waals surface area contributed by atoms with E-state index in [9.17, 15) is 13.2 Å². The molecule has 8 heteroatoms. The van der Waals surface area contributed by atoms with Gasteiger partial charge >= 0.3 is 0 Å². The molecule has 3 N–H and O–H groups in total. The number of rotatable bonds is 5. The summed E-state index contributed by atoms with van der Waals surface area (Å²) in [5, 5.41) is 2.78. The van der Waals surface area contributed by atoms with Crippen molar-refractivity contribution in [2.24, 2.45) is 0 Å². The molecule has 2 aromatic carbocycles. The van der Waals surface area contributed by atoms with Crippen molar-refractivity contribution in [2.45, 2.75) is 30.2 Å². The van der Waals surface area contributed by atoms with Crippen LogP contribution in [0.2, 0.25) is 0 Å². The minimum absolute atomic E-state index is 0.193. The average molecular weight is 389 g/mol. The molecule has 7 nitrogen and oxygen atoms in total. The van der Waals surface area contributed by atoms with Crippen LogP contribution < -0.4 is 15.8 Å². The molecule has 1 fully saturated rings. The molecule has 1 saturated heterocycles. The van der Waals surface area contributed by atoms with Crippen LogP contribution in [-0.2, 0) is 14.8 Å². The van der Waals surface area contributed by atoms with Crippen LogP contribution in [-0.4, -0.2) is 38.3 Å². The first-order chi connectivity index (χ1) is 12.9. The first-order valence-electron chi connectivity index (χ1n) is 8.75. The highest BCUT2D eigenvalue weighted by atomic mass is 32.2. The van der Waals surface area contributed by atoms with E-state index >= 15 is 0 Å². The maximum absolute atomic E-state index is 13.0. The van der Waals surface area contributed by atoms with Crippen molar-refractivity contribution in [1.82, 2.24) is 4.31 Å². The summed E-state index contributed by atoms with van der Waals surface area (Å²) < 4.78 is 32.4. The third-order valence-electron chi connectivity index (χ3n) is 4.60. The van der Waals surface area contributed by atoms with Crippen LogP contribution in [0.4, 0.5) is 11.4 Å². The predicted molar refractivity (Wildman–Crippen MR) is 104 cm³/mol. The fourth-order valence-electron chi connectivity index (χ4n) is 3.22. The Kier molecular flexibility index (Phi) is 5.67. The first-order valence-corrected chi connectivity index (χ1v) is 10.2. The highest BCUT2D eigenvalue weighted by Crippen LogP contribution is 2.28. The number of ether oxygens (including phenoxy) is 1. The van der Waals surface area contributed by atoms with Crippen LogP contribution >= 0.6 is 0 Å². The number of nitrogens with one attached hydrogen (secondary N) is 1. The highest BCUT2D eigenvalue weighted by Gasteiger charge is 2.37. The number of nitrogens with two attached hydrogens (primary N) is 1. The topological polar surface area (TPSA) is 102 Å². The van der Waals surface area contributed by atoms with E-state index in [1.807, 2.05) is 0 Å². The molecule has 0 bridgehead atoms. The fraction of sp³-hybridized carbons (Fsp3) is 0.316. The number of carbonyl (C=O) groups is 1. The van der Waals surface area contributed by atoms with E-state index in [0.717, 1.165) is 12.8 Å². The Bertz CT molecular complexity index is 916. The van der Waals surface area contributed by atoms with Crippen molar-refractivity contribution < 1.29 is 17.9 Å². The van der Waals surface area contributed by atoms with Crippen molar-refractivity contribution in [3.63, 3.8) is 0 Å². The summed E-state index contributed by atoms with van der Waals surface area (Å²) in [5.41, 5.74) is 6.77. The number of methoxy groups -OCH3 is 1. The number of nitrogen functional groups attached to an aromatic ring is 1. The molecule has 0 aromatic heterocycles. The van der Waals surface area contributed by atoms with E-state index < -0.39 is 16.1 Å². The summed E-state index contributed by atoms with van der Waals surface area (Å²) in [7, 11) is -2.23. The van der Waals surface area contributed by atoms with E-state index in [0.29, 0.717) is 30.1 Å². The number of amides is 1. The van der Waals surface area contributed by atoms with Gasteiger partial charge in [0.2, 0.25) is 15.9 Å². The molecule has 144 valence electrons. The van der Waals surface area contributed by atoms with Crippen molar-refractivity contribution in [1.29, 1.82) is 0 Å². The molecule has 1 unspecified atom stereocenters. The van der Waals surface area contributed by atoms with Gasteiger partial charge in [-0.05, 0) is 43.2 Å². The summed E-state index contributed by atoms with van der Waals surface area (Å²) in [6.07, 6.45) is 2.00. The maximum Gasteiger partial charge on any atom is 0.243 e. The molecular weight excluding hydrogens is 366 g/mol. The second-order valence-corrected chi connectivity index (χ2v) is 8.28.